The predicted octanol–water partition coefficient (Wildman–Crippen LogP) is 2.26. The molecule has 1 aliphatic rings. The highest BCUT2D eigenvalue weighted by molar-refractivity contribution is 5.77. The van der Waals surface area contributed by atoms with E-state index in [9.17, 15) is 4.79 Å². The minimum atomic E-state index is -0.0498. The third kappa shape index (κ3) is 4.46. The topological polar surface area (TPSA) is 64.3 Å². The molecule has 1 aromatic carbocycles. The number of rotatable bonds is 6. The summed E-state index contributed by atoms with van der Waals surface area (Å²) in [5.74, 6) is 1.16. The summed E-state index contributed by atoms with van der Waals surface area (Å²) >= 11 is 0. The van der Waals surface area contributed by atoms with Crippen LogP contribution in [0, 0.1) is 5.92 Å². The van der Waals surface area contributed by atoms with E-state index >= 15 is 0 Å². The van der Waals surface area contributed by atoms with E-state index < -0.39 is 0 Å². The van der Waals surface area contributed by atoms with Crippen LogP contribution in [0.4, 0.5) is 0 Å². The van der Waals surface area contributed by atoms with Crippen LogP contribution >= 0.6 is 0 Å². The fourth-order valence-electron chi connectivity index (χ4n) is 3.01. The first-order chi connectivity index (χ1) is 10.2. The minimum Gasteiger partial charge on any atom is -0.483 e. The molecule has 3 N–H and O–H groups in total. The van der Waals surface area contributed by atoms with E-state index in [-0.39, 0.29) is 18.6 Å². The van der Waals surface area contributed by atoms with E-state index in [1.165, 1.54) is 12.8 Å². The summed E-state index contributed by atoms with van der Waals surface area (Å²) in [5.41, 5.74) is 6.92. The standard InChI is InChI=1S/C17H26N2O2/c1-2-13-7-4-6-10-16(13)21-12-17(20)19-15-9-5-3-8-14(15)11-18/h4,6-7,10,14-15H,2-3,5,8-9,11-12,18H2,1H3,(H,19,20). The van der Waals surface area contributed by atoms with Crippen molar-refractivity contribution < 1.29 is 9.53 Å². The molecule has 2 rings (SSSR count). The van der Waals surface area contributed by atoms with Gasteiger partial charge in [0, 0.05) is 6.04 Å². The molecule has 0 radical (unpaired) electrons. The van der Waals surface area contributed by atoms with E-state index in [0.29, 0.717) is 12.5 Å². The van der Waals surface area contributed by atoms with Gasteiger partial charge in [0.15, 0.2) is 6.61 Å². The molecule has 1 fully saturated rings. The van der Waals surface area contributed by atoms with E-state index in [1.54, 1.807) is 0 Å². The van der Waals surface area contributed by atoms with Gasteiger partial charge in [0.25, 0.3) is 5.91 Å². The first-order valence-electron chi connectivity index (χ1n) is 7.94. The minimum absolute atomic E-state index is 0.0498. The van der Waals surface area contributed by atoms with Gasteiger partial charge in [0.1, 0.15) is 5.75 Å². The summed E-state index contributed by atoms with van der Waals surface area (Å²) in [5, 5.41) is 3.08. The Labute approximate surface area is 127 Å². The first-order valence-corrected chi connectivity index (χ1v) is 7.94. The summed E-state index contributed by atoms with van der Waals surface area (Å²) in [6.07, 6.45) is 5.42. The summed E-state index contributed by atoms with van der Waals surface area (Å²) < 4.78 is 5.66. The van der Waals surface area contributed by atoms with Crippen LogP contribution in [0.5, 0.6) is 5.75 Å². The molecule has 2 atom stereocenters. The number of para-hydroxylation sites is 1. The van der Waals surface area contributed by atoms with Gasteiger partial charge in [-0.05, 0) is 43.4 Å². The van der Waals surface area contributed by atoms with E-state index in [2.05, 4.69) is 12.2 Å². The molecule has 0 saturated heterocycles. The molecule has 0 bridgehead atoms. The molecule has 1 aliphatic carbocycles. The average molecular weight is 290 g/mol. The highest BCUT2D eigenvalue weighted by atomic mass is 16.5. The molecule has 0 spiro atoms. The van der Waals surface area contributed by atoms with Gasteiger partial charge in [-0.15, -0.1) is 0 Å². The number of hydrogen-bond acceptors (Lipinski definition) is 3. The fraction of sp³-hybridized carbons (Fsp3) is 0.588. The number of amides is 1. The van der Waals surface area contributed by atoms with Crippen molar-refractivity contribution in [3.8, 4) is 5.75 Å². The smallest absolute Gasteiger partial charge is 0.258 e. The maximum absolute atomic E-state index is 12.1. The van der Waals surface area contributed by atoms with Crippen molar-refractivity contribution in [2.24, 2.45) is 11.7 Å². The number of nitrogens with one attached hydrogen (secondary N) is 1. The summed E-state index contributed by atoms with van der Waals surface area (Å²) in [6.45, 7) is 2.80. The Kier molecular flexibility index (Phi) is 6.05. The monoisotopic (exact) mass is 290 g/mol. The molecule has 2 unspecified atom stereocenters. The second-order valence-electron chi connectivity index (χ2n) is 5.70. The Balaban J connectivity index is 1.84. The molecule has 0 aromatic heterocycles. The van der Waals surface area contributed by atoms with Crippen LogP contribution in [0.2, 0.25) is 0 Å². The Morgan fingerprint density at radius 2 is 2.10 bits per heavy atom. The summed E-state index contributed by atoms with van der Waals surface area (Å²) in [6, 6.07) is 8.06. The molecule has 0 aliphatic heterocycles. The number of carbonyl (C=O) groups excluding carboxylic acids is 1. The first kappa shape index (κ1) is 15.8. The molecule has 21 heavy (non-hydrogen) atoms. The van der Waals surface area contributed by atoms with Crippen molar-refractivity contribution in [1.82, 2.24) is 5.32 Å². The van der Waals surface area contributed by atoms with Crippen molar-refractivity contribution in [3.05, 3.63) is 29.8 Å². The van der Waals surface area contributed by atoms with Crippen molar-refractivity contribution in [3.63, 3.8) is 0 Å². The SMILES string of the molecule is CCc1ccccc1OCC(=O)NC1CCCCC1CN. The lowest BCUT2D eigenvalue weighted by Crippen LogP contribution is -2.46. The predicted molar refractivity (Wildman–Crippen MR) is 84.3 cm³/mol. The molecule has 1 saturated carbocycles. The molecule has 1 amide bonds. The second-order valence-corrected chi connectivity index (χ2v) is 5.70. The fourth-order valence-corrected chi connectivity index (χ4v) is 3.01. The van der Waals surface area contributed by atoms with Crippen LogP contribution < -0.4 is 15.8 Å². The number of benzene rings is 1. The lowest BCUT2D eigenvalue weighted by molar-refractivity contribution is -0.124. The van der Waals surface area contributed by atoms with Crippen LogP contribution in [0.1, 0.15) is 38.2 Å². The number of nitrogens with two attached hydrogens (primary N) is 1. The molecular weight excluding hydrogens is 264 g/mol. The number of carbonyl (C=O) groups is 1. The highest BCUT2D eigenvalue weighted by Gasteiger charge is 2.25. The van der Waals surface area contributed by atoms with Gasteiger partial charge in [-0.3, -0.25) is 4.79 Å². The maximum atomic E-state index is 12.1. The molecule has 116 valence electrons. The molecule has 4 nitrogen and oxygen atoms in total. The van der Waals surface area contributed by atoms with Crippen LogP contribution in [-0.4, -0.2) is 25.1 Å². The number of ether oxygens (including phenoxy) is 1. The molecular formula is C17H26N2O2. The van der Waals surface area contributed by atoms with Gasteiger partial charge < -0.3 is 15.8 Å². The van der Waals surface area contributed by atoms with Crippen molar-refractivity contribution >= 4 is 5.91 Å². The van der Waals surface area contributed by atoms with Gasteiger partial charge in [-0.2, -0.15) is 0 Å². The van der Waals surface area contributed by atoms with Crippen molar-refractivity contribution in [2.45, 2.75) is 45.1 Å². The highest BCUT2D eigenvalue weighted by Crippen LogP contribution is 2.23. The molecule has 1 aromatic rings. The zero-order chi connectivity index (χ0) is 15.1. The van der Waals surface area contributed by atoms with Crippen LogP contribution in [-0.2, 0) is 11.2 Å². The Morgan fingerprint density at radius 1 is 1.33 bits per heavy atom. The third-order valence-corrected chi connectivity index (χ3v) is 4.27. The van der Waals surface area contributed by atoms with Crippen LogP contribution in [0.15, 0.2) is 24.3 Å². The van der Waals surface area contributed by atoms with Crippen LogP contribution in [0.25, 0.3) is 0 Å². The van der Waals surface area contributed by atoms with E-state index in [4.69, 9.17) is 10.5 Å². The molecule has 4 heteroatoms. The van der Waals surface area contributed by atoms with Crippen molar-refractivity contribution in [2.75, 3.05) is 13.2 Å². The maximum Gasteiger partial charge on any atom is 0.258 e. The van der Waals surface area contributed by atoms with E-state index in [0.717, 1.165) is 30.6 Å². The van der Waals surface area contributed by atoms with E-state index in [1.807, 2.05) is 24.3 Å². The van der Waals surface area contributed by atoms with Gasteiger partial charge in [0.2, 0.25) is 0 Å². The summed E-state index contributed by atoms with van der Waals surface area (Å²) in [7, 11) is 0. The van der Waals surface area contributed by atoms with Crippen molar-refractivity contribution in [1.29, 1.82) is 0 Å². The lowest BCUT2D eigenvalue weighted by Gasteiger charge is -2.31. The number of aryl methyl sites for hydroxylation is 1. The molecule has 0 heterocycles. The normalized spacial score (nSPS) is 21.8. The van der Waals surface area contributed by atoms with Crippen LogP contribution in [0.3, 0.4) is 0 Å². The number of hydrogen-bond donors (Lipinski definition) is 2. The van der Waals surface area contributed by atoms with Gasteiger partial charge in [-0.25, -0.2) is 0 Å². The Hall–Kier alpha value is -1.55. The Bertz CT molecular complexity index is 462. The average Bonchev–Trinajstić information content (AvgIpc) is 2.53. The summed E-state index contributed by atoms with van der Waals surface area (Å²) in [4.78, 5) is 12.1. The zero-order valence-corrected chi connectivity index (χ0v) is 12.8. The second kappa shape index (κ2) is 8.03. The quantitative estimate of drug-likeness (QED) is 0.844. The van der Waals surface area contributed by atoms with Gasteiger partial charge in [-0.1, -0.05) is 38.0 Å². The largest absolute Gasteiger partial charge is 0.483 e. The third-order valence-electron chi connectivity index (χ3n) is 4.27. The lowest BCUT2D eigenvalue weighted by atomic mass is 9.84. The Morgan fingerprint density at radius 3 is 2.86 bits per heavy atom. The van der Waals surface area contributed by atoms with Gasteiger partial charge in [0.05, 0.1) is 0 Å². The van der Waals surface area contributed by atoms with Gasteiger partial charge >= 0.3 is 0 Å². The zero-order valence-electron chi connectivity index (χ0n) is 12.8.